The maximum absolute atomic E-state index is 11.0. The van der Waals surface area contributed by atoms with Gasteiger partial charge < -0.3 is 11.5 Å². The Bertz CT molecular complexity index is 607. The van der Waals surface area contributed by atoms with Gasteiger partial charge in [-0.1, -0.05) is 30.3 Å². The zero-order chi connectivity index (χ0) is 13.1. The van der Waals surface area contributed by atoms with Crippen molar-refractivity contribution < 1.29 is 9.59 Å². The van der Waals surface area contributed by atoms with Crippen molar-refractivity contribution in [1.82, 2.24) is 0 Å². The molecule has 90 valence electrons. The number of nitrogens with two attached hydrogens (primary N) is 2. The molecule has 0 heterocycles. The molecule has 2 aromatic carbocycles. The molecule has 4 N–H and O–H groups in total. The number of carbonyl (C=O) groups is 2. The Labute approximate surface area is 104 Å². The maximum atomic E-state index is 11.0. The molecule has 0 aliphatic carbocycles. The number of hydrogen-bond donors (Lipinski definition) is 2. The highest BCUT2D eigenvalue weighted by Crippen LogP contribution is 2.32. The molecule has 0 atom stereocenters. The van der Waals surface area contributed by atoms with Gasteiger partial charge in [0.1, 0.15) is 0 Å². The second-order valence-corrected chi connectivity index (χ2v) is 3.86. The number of anilines is 2. The van der Waals surface area contributed by atoms with E-state index in [9.17, 15) is 9.59 Å². The van der Waals surface area contributed by atoms with Crippen molar-refractivity contribution in [2.24, 2.45) is 0 Å². The molecule has 2 aromatic rings. The molecule has 2 rings (SSSR count). The van der Waals surface area contributed by atoms with Crippen molar-refractivity contribution in [2.45, 2.75) is 0 Å². The van der Waals surface area contributed by atoms with E-state index >= 15 is 0 Å². The van der Waals surface area contributed by atoms with Crippen LogP contribution in [0.3, 0.4) is 0 Å². The summed E-state index contributed by atoms with van der Waals surface area (Å²) in [6, 6.07) is 10.9. The van der Waals surface area contributed by atoms with E-state index in [1.807, 2.05) is 30.3 Å². The van der Waals surface area contributed by atoms with Crippen molar-refractivity contribution in [3.8, 4) is 11.1 Å². The van der Waals surface area contributed by atoms with Crippen LogP contribution in [0.4, 0.5) is 11.4 Å². The summed E-state index contributed by atoms with van der Waals surface area (Å²) in [5, 5.41) is 0. The lowest BCUT2D eigenvalue weighted by Crippen LogP contribution is -2.05. The van der Waals surface area contributed by atoms with Gasteiger partial charge in [0, 0.05) is 16.8 Å². The van der Waals surface area contributed by atoms with Crippen LogP contribution in [-0.4, -0.2) is 12.6 Å². The van der Waals surface area contributed by atoms with Crippen LogP contribution in [0.1, 0.15) is 20.7 Å². The molecule has 0 aromatic heterocycles. The van der Waals surface area contributed by atoms with Crippen molar-refractivity contribution in [3.05, 3.63) is 47.5 Å². The number of carbonyl (C=O) groups excluding carboxylic acids is 2. The zero-order valence-electron chi connectivity index (χ0n) is 9.59. The van der Waals surface area contributed by atoms with Gasteiger partial charge in [0.15, 0.2) is 12.6 Å². The lowest BCUT2D eigenvalue weighted by molar-refractivity contribution is 0.109. The van der Waals surface area contributed by atoms with Gasteiger partial charge in [0.25, 0.3) is 0 Å². The summed E-state index contributed by atoms with van der Waals surface area (Å²) in [5.41, 5.74) is 14.0. The fraction of sp³-hybridized carbons (Fsp3) is 0. The molecule has 0 aliphatic rings. The summed E-state index contributed by atoms with van der Waals surface area (Å²) >= 11 is 0. The molecule has 0 amide bonds. The third-order valence-electron chi connectivity index (χ3n) is 2.80. The Morgan fingerprint density at radius 2 is 1.50 bits per heavy atom. The average Bonchev–Trinajstić information content (AvgIpc) is 2.41. The number of aldehydes is 2. The molecular formula is C14H12N2O2. The fourth-order valence-corrected chi connectivity index (χ4v) is 1.87. The van der Waals surface area contributed by atoms with E-state index in [-0.39, 0.29) is 22.5 Å². The van der Waals surface area contributed by atoms with E-state index < -0.39 is 0 Å². The van der Waals surface area contributed by atoms with E-state index in [4.69, 9.17) is 11.5 Å². The number of hydrogen-bond acceptors (Lipinski definition) is 4. The first-order valence-electron chi connectivity index (χ1n) is 5.36. The highest BCUT2D eigenvalue weighted by atomic mass is 16.1. The quantitative estimate of drug-likeness (QED) is 0.635. The summed E-state index contributed by atoms with van der Waals surface area (Å²) in [4.78, 5) is 22.0. The van der Waals surface area contributed by atoms with Gasteiger partial charge in [-0.3, -0.25) is 9.59 Å². The van der Waals surface area contributed by atoms with Crippen LogP contribution in [0.2, 0.25) is 0 Å². The number of benzene rings is 2. The molecule has 0 spiro atoms. The molecule has 0 saturated carbocycles. The van der Waals surface area contributed by atoms with Gasteiger partial charge in [0.05, 0.1) is 11.3 Å². The maximum Gasteiger partial charge on any atom is 0.152 e. The van der Waals surface area contributed by atoms with Crippen molar-refractivity contribution in [2.75, 3.05) is 11.5 Å². The summed E-state index contributed by atoms with van der Waals surface area (Å²) in [5.74, 6) is 0. The molecule has 0 unspecified atom stereocenters. The van der Waals surface area contributed by atoms with Crippen LogP contribution in [-0.2, 0) is 0 Å². The van der Waals surface area contributed by atoms with Gasteiger partial charge in [-0.05, 0) is 11.6 Å². The number of rotatable bonds is 3. The second-order valence-electron chi connectivity index (χ2n) is 3.86. The SMILES string of the molecule is Nc1cc(-c2ccccc2)c(N)c(C=O)c1C=O. The van der Waals surface area contributed by atoms with Crippen LogP contribution >= 0.6 is 0 Å². The Hall–Kier alpha value is -2.62. The molecule has 18 heavy (non-hydrogen) atoms. The van der Waals surface area contributed by atoms with Crippen LogP contribution in [0.15, 0.2) is 36.4 Å². The molecular weight excluding hydrogens is 228 g/mol. The van der Waals surface area contributed by atoms with Crippen molar-refractivity contribution in [1.29, 1.82) is 0 Å². The second kappa shape index (κ2) is 4.71. The van der Waals surface area contributed by atoms with Gasteiger partial charge in [-0.15, -0.1) is 0 Å². The molecule has 4 heteroatoms. The van der Waals surface area contributed by atoms with Gasteiger partial charge in [-0.2, -0.15) is 0 Å². The third kappa shape index (κ3) is 1.84. The molecule has 0 fully saturated rings. The average molecular weight is 240 g/mol. The Kier molecular flexibility index (Phi) is 3.10. The van der Waals surface area contributed by atoms with Crippen LogP contribution in [0.5, 0.6) is 0 Å². The largest absolute Gasteiger partial charge is 0.398 e. The van der Waals surface area contributed by atoms with E-state index in [1.54, 1.807) is 6.07 Å². The number of nitrogen functional groups attached to an aromatic ring is 2. The molecule has 4 nitrogen and oxygen atoms in total. The van der Waals surface area contributed by atoms with E-state index in [0.29, 0.717) is 18.1 Å². The molecule has 0 bridgehead atoms. The monoisotopic (exact) mass is 240 g/mol. The van der Waals surface area contributed by atoms with Gasteiger partial charge in [0.2, 0.25) is 0 Å². The van der Waals surface area contributed by atoms with Gasteiger partial charge in [-0.25, -0.2) is 0 Å². The van der Waals surface area contributed by atoms with Crippen LogP contribution in [0.25, 0.3) is 11.1 Å². The zero-order valence-corrected chi connectivity index (χ0v) is 9.59. The van der Waals surface area contributed by atoms with E-state index in [0.717, 1.165) is 5.56 Å². The van der Waals surface area contributed by atoms with Crippen molar-refractivity contribution >= 4 is 23.9 Å². The first-order chi connectivity index (χ1) is 8.69. The summed E-state index contributed by atoms with van der Waals surface area (Å²) in [6.45, 7) is 0. The van der Waals surface area contributed by atoms with Gasteiger partial charge >= 0.3 is 0 Å². The minimum atomic E-state index is 0.141. The van der Waals surface area contributed by atoms with Crippen LogP contribution in [0, 0.1) is 0 Å². The predicted molar refractivity (Wildman–Crippen MR) is 71.5 cm³/mol. The normalized spacial score (nSPS) is 10.0. The predicted octanol–water partition coefficient (Wildman–Crippen LogP) is 2.14. The first kappa shape index (κ1) is 11.9. The first-order valence-corrected chi connectivity index (χ1v) is 5.36. The summed E-state index contributed by atoms with van der Waals surface area (Å²) in [6.07, 6.45) is 1.10. The highest BCUT2D eigenvalue weighted by molar-refractivity contribution is 6.04. The molecule has 0 saturated heterocycles. The molecule has 0 radical (unpaired) electrons. The van der Waals surface area contributed by atoms with E-state index in [2.05, 4.69) is 0 Å². The Morgan fingerprint density at radius 1 is 0.889 bits per heavy atom. The minimum Gasteiger partial charge on any atom is -0.398 e. The van der Waals surface area contributed by atoms with E-state index in [1.165, 1.54) is 0 Å². The third-order valence-corrected chi connectivity index (χ3v) is 2.80. The topological polar surface area (TPSA) is 86.2 Å². The lowest BCUT2D eigenvalue weighted by atomic mass is 9.96. The fourth-order valence-electron chi connectivity index (χ4n) is 1.87. The highest BCUT2D eigenvalue weighted by Gasteiger charge is 2.14. The Balaban J connectivity index is 2.75. The smallest absolute Gasteiger partial charge is 0.152 e. The summed E-state index contributed by atoms with van der Waals surface area (Å²) < 4.78 is 0. The van der Waals surface area contributed by atoms with Crippen LogP contribution < -0.4 is 11.5 Å². The standard InChI is InChI=1S/C14H12N2O2/c15-13-6-10(9-4-2-1-3-5-9)14(16)12(8-18)11(13)7-17/h1-8H,15-16H2. The lowest BCUT2D eigenvalue weighted by Gasteiger charge is -2.12. The summed E-state index contributed by atoms with van der Waals surface area (Å²) in [7, 11) is 0. The minimum absolute atomic E-state index is 0.141. The van der Waals surface area contributed by atoms with Crippen molar-refractivity contribution in [3.63, 3.8) is 0 Å². The Morgan fingerprint density at radius 3 is 2.06 bits per heavy atom. The molecule has 0 aliphatic heterocycles.